The third-order valence-electron chi connectivity index (χ3n) is 3.15. The smallest absolute Gasteiger partial charge is 0.119 e. The third kappa shape index (κ3) is 3.39. The molecule has 0 saturated carbocycles. The Morgan fingerprint density at radius 2 is 1.90 bits per heavy atom. The largest absolute Gasteiger partial charge is 0.508 e. The first-order valence-corrected chi connectivity index (χ1v) is 6.45. The molecule has 20 heavy (non-hydrogen) atoms. The molecule has 2 aromatic carbocycles. The van der Waals surface area contributed by atoms with E-state index in [0.29, 0.717) is 6.42 Å². The molecule has 0 aliphatic rings. The van der Waals surface area contributed by atoms with Crippen molar-refractivity contribution in [2.24, 2.45) is 0 Å². The van der Waals surface area contributed by atoms with E-state index in [1.54, 1.807) is 19.2 Å². The van der Waals surface area contributed by atoms with Gasteiger partial charge in [0.05, 0.1) is 13.7 Å². The van der Waals surface area contributed by atoms with Gasteiger partial charge in [-0.05, 0) is 35.7 Å². The van der Waals surface area contributed by atoms with Crippen LogP contribution < -0.4 is 4.74 Å². The van der Waals surface area contributed by atoms with E-state index in [-0.39, 0.29) is 12.4 Å². The number of hydrogen-bond acceptors (Lipinski definition) is 3. The molecule has 0 aliphatic heterocycles. The van der Waals surface area contributed by atoms with E-state index in [0.717, 1.165) is 22.4 Å². The van der Waals surface area contributed by atoms with Crippen molar-refractivity contribution in [3.8, 4) is 11.5 Å². The summed E-state index contributed by atoms with van der Waals surface area (Å²) in [4.78, 5) is 0. The molecule has 104 valence electrons. The average Bonchev–Trinajstić information content (AvgIpc) is 2.49. The number of aliphatic hydroxyl groups excluding tert-OH is 1. The standard InChI is InChI=1S/C17H18O3/c1-20-16-9-10-17(19)14(11-16)8-4-7-13-5-2-3-6-15(13)12-18/h2-7,9-11,18-19H,8,12H2,1H3. The van der Waals surface area contributed by atoms with Gasteiger partial charge in [0.25, 0.3) is 0 Å². The van der Waals surface area contributed by atoms with Crippen LogP contribution in [0.2, 0.25) is 0 Å². The van der Waals surface area contributed by atoms with Crippen molar-refractivity contribution < 1.29 is 14.9 Å². The fourth-order valence-electron chi connectivity index (χ4n) is 2.01. The lowest BCUT2D eigenvalue weighted by Crippen LogP contribution is -1.89. The van der Waals surface area contributed by atoms with E-state index in [4.69, 9.17) is 4.74 Å². The number of aromatic hydroxyl groups is 1. The zero-order valence-electron chi connectivity index (χ0n) is 11.4. The molecule has 2 aromatic rings. The Kier molecular flexibility index (Phi) is 4.80. The van der Waals surface area contributed by atoms with Gasteiger partial charge in [-0.3, -0.25) is 0 Å². The maximum atomic E-state index is 9.80. The first kappa shape index (κ1) is 14.2. The normalized spacial score (nSPS) is 10.9. The predicted molar refractivity (Wildman–Crippen MR) is 79.8 cm³/mol. The maximum Gasteiger partial charge on any atom is 0.119 e. The minimum absolute atomic E-state index is 0.0188. The monoisotopic (exact) mass is 270 g/mol. The van der Waals surface area contributed by atoms with Crippen LogP contribution >= 0.6 is 0 Å². The summed E-state index contributed by atoms with van der Waals surface area (Å²) in [5.41, 5.74) is 2.68. The molecule has 0 saturated heterocycles. The van der Waals surface area contributed by atoms with Crippen LogP contribution in [0.25, 0.3) is 6.08 Å². The summed E-state index contributed by atoms with van der Waals surface area (Å²) in [7, 11) is 1.60. The fraction of sp³-hybridized carbons (Fsp3) is 0.176. The maximum absolute atomic E-state index is 9.80. The highest BCUT2D eigenvalue weighted by Gasteiger charge is 2.02. The van der Waals surface area contributed by atoms with Gasteiger partial charge >= 0.3 is 0 Å². The molecule has 2 rings (SSSR count). The van der Waals surface area contributed by atoms with Crippen molar-refractivity contribution in [3.63, 3.8) is 0 Å². The summed E-state index contributed by atoms with van der Waals surface area (Å²) in [6.45, 7) is 0.0188. The number of methoxy groups -OCH3 is 1. The van der Waals surface area contributed by atoms with Gasteiger partial charge in [0.15, 0.2) is 0 Å². The molecule has 0 amide bonds. The van der Waals surface area contributed by atoms with Crippen LogP contribution in [-0.4, -0.2) is 17.3 Å². The van der Waals surface area contributed by atoms with Crippen LogP contribution in [0.5, 0.6) is 11.5 Å². The van der Waals surface area contributed by atoms with E-state index in [1.807, 2.05) is 42.5 Å². The van der Waals surface area contributed by atoms with E-state index in [9.17, 15) is 10.2 Å². The second-order valence-electron chi connectivity index (χ2n) is 4.46. The average molecular weight is 270 g/mol. The third-order valence-corrected chi connectivity index (χ3v) is 3.15. The minimum atomic E-state index is 0.0188. The van der Waals surface area contributed by atoms with Gasteiger partial charge in [0.2, 0.25) is 0 Å². The van der Waals surface area contributed by atoms with Gasteiger partial charge in [0, 0.05) is 5.56 Å². The van der Waals surface area contributed by atoms with Crippen molar-refractivity contribution in [3.05, 3.63) is 65.2 Å². The Morgan fingerprint density at radius 1 is 1.10 bits per heavy atom. The number of phenolic OH excluding ortho intramolecular Hbond substituents is 1. The molecule has 3 heteroatoms. The molecule has 0 spiro atoms. The Hall–Kier alpha value is -2.26. The Balaban J connectivity index is 2.13. The summed E-state index contributed by atoms with van der Waals surface area (Å²) >= 11 is 0. The van der Waals surface area contributed by atoms with E-state index in [2.05, 4.69) is 0 Å². The second kappa shape index (κ2) is 6.78. The summed E-state index contributed by atoms with van der Waals surface area (Å²) < 4.78 is 5.14. The molecule has 2 N–H and O–H groups in total. The van der Waals surface area contributed by atoms with Crippen molar-refractivity contribution in [2.75, 3.05) is 7.11 Å². The molecule has 0 fully saturated rings. The van der Waals surface area contributed by atoms with Gasteiger partial charge < -0.3 is 14.9 Å². The van der Waals surface area contributed by atoms with Crippen molar-refractivity contribution in [2.45, 2.75) is 13.0 Å². The number of phenols is 1. The summed E-state index contributed by atoms with van der Waals surface area (Å²) in [6.07, 6.45) is 4.51. The van der Waals surface area contributed by atoms with Crippen LogP contribution in [0.1, 0.15) is 16.7 Å². The number of hydrogen-bond donors (Lipinski definition) is 2. The predicted octanol–water partition coefficient (Wildman–Crippen LogP) is 3.15. The van der Waals surface area contributed by atoms with Crippen LogP contribution in [-0.2, 0) is 13.0 Å². The number of aliphatic hydroxyl groups is 1. The highest BCUT2D eigenvalue weighted by atomic mass is 16.5. The number of ether oxygens (including phenoxy) is 1. The fourth-order valence-corrected chi connectivity index (χ4v) is 2.01. The van der Waals surface area contributed by atoms with Gasteiger partial charge in [0.1, 0.15) is 11.5 Å². The molecule has 0 aliphatic carbocycles. The molecule has 0 bridgehead atoms. The zero-order chi connectivity index (χ0) is 14.4. The van der Waals surface area contributed by atoms with Crippen molar-refractivity contribution >= 4 is 6.08 Å². The van der Waals surface area contributed by atoms with Crippen molar-refractivity contribution in [1.29, 1.82) is 0 Å². The number of rotatable bonds is 5. The van der Waals surface area contributed by atoms with Crippen LogP contribution in [0.3, 0.4) is 0 Å². The molecular weight excluding hydrogens is 252 g/mol. The summed E-state index contributed by atoms with van der Waals surface area (Å²) in [5, 5.41) is 19.1. The second-order valence-corrected chi connectivity index (χ2v) is 4.46. The lowest BCUT2D eigenvalue weighted by molar-refractivity contribution is 0.281. The quantitative estimate of drug-likeness (QED) is 0.877. The zero-order valence-corrected chi connectivity index (χ0v) is 11.4. The SMILES string of the molecule is COc1ccc(O)c(CC=Cc2ccccc2CO)c1. The Morgan fingerprint density at radius 3 is 2.65 bits per heavy atom. The molecule has 0 heterocycles. The molecule has 3 nitrogen and oxygen atoms in total. The first-order chi connectivity index (χ1) is 9.74. The van der Waals surface area contributed by atoms with Gasteiger partial charge in [-0.15, -0.1) is 0 Å². The highest BCUT2D eigenvalue weighted by Crippen LogP contribution is 2.23. The van der Waals surface area contributed by atoms with E-state index >= 15 is 0 Å². The van der Waals surface area contributed by atoms with E-state index in [1.165, 1.54) is 0 Å². The lowest BCUT2D eigenvalue weighted by Gasteiger charge is -2.05. The number of benzene rings is 2. The molecule has 0 aromatic heterocycles. The Labute approximate surface area is 118 Å². The topological polar surface area (TPSA) is 49.7 Å². The Bertz CT molecular complexity index is 603. The summed E-state index contributed by atoms with van der Waals surface area (Å²) in [5.74, 6) is 0.979. The van der Waals surface area contributed by atoms with E-state index < -0.39 is 0 Å². The molecule has 0 atom stereocenters. The van der Waals surface area contributed by atoms with Crippen LogP contribution in [0, 0.1) is 0 Å². The van der Waals surface area contributed by atoms with Gasteiger partial charge in [-0.25, -0.2) is 0 Å². The summed E-state index contributed by atoms with van der Waals surface area (Å²) in [6, 6.07) is 12.8. The highest BCUT2D eigenvalue weighted by molar-refractivity contribution is 5.54. The molecule has 0 radical (unpaired) electrons. The first-order valence-electron chi connectivity index (χ1n) is 6.45. The molecule has 0 unspecified atom stereocenters. The number of allylic oxidation sites excluding steroid dienone is 1. The lowest BCUT2D eigenvalue weighted by atomic mass is 10.1. The van der Waals surface area contributed by atoms with Crippen LogP contribution in [0.15, 0.2) is 48.5 Å². The molecular formula is C17H18O3. The van der Waals surface area contributed by atoms with Crippen molar-refractivity contribution in [1.82, 2.24) is 0 Å². The minimum Gasteiger partial charge on any atom is -0.508 e. The van der Waals surface area contributed by atoms with Crippen LogP contribution in [0.4, 0.5) is 0 Å². The van der Waals surface area contributed by atoms with Gasteiger partial charge in [-0.2, -0.15) is 0 Å². The van der Waals surface area contributed by atoms with Gasteiger partial charge in [-0.1, -0.05) is 36.4 Å².